The van der Waals surface area contributed by atoms with Gasteiger partial charge in [0.1, 0.15) is 5.82 Å². The van der Waals surface area contributed by atoms with E-state index in [4.69, 9.17) is 11.5 Å². The smallest absolute Gasteiger partial charge is 0.253 e. The zero-order valence-electron chi connectivity index (χ0n) is 10.3. The van der Waals surface area contributed by atoms with Crippen LogP contribution in [0, 0.1) is 0 Å². The van der Waals surface area contributed by atoms with E-state index in [0.29, 0.717) is 11.1 Å². The van der Waals surface area contributed by atoms with Gasteiger partial charge in [-0.1, -0.05) is 54.6 Å². The molecule has 19 heavy (non-hydrogen) atoms. The van der Waals surface area contributed by atoms with Crippen LogP contribution in [0.5, 0.6) is 0 Å². The number of hydrogen-bond donors (Lipinski definition) is 3. The summed E-state index contributed by atoms with van der Waals surface area (Å²) in [6, 6.07) is 17.2. The van der Waals surface area contributed by atoms with E-state index in [1.165, 1.54) is 0 Å². The van der Waals surface area contributed by atoms with Crippen LogP contribution in [0.25, 0.3) is 11.1 Å². The van der Waals surface area contributed by atoms with Gasteiger partial charge in [-0.15, -0.1) is 0 Å². The average Bonchev–Trinajstić information content (AvgIpc) is 2.77. The number of nitrogens with two attached hydrogens (primary N) is 2. The SMILES string of the molecule is NC(=O)c1c(-c2ccccccccc2)c[nH]c1N. The first-order valence-electron chi connectivity index (χ1n) is 5.85. The Morgan fingerprint density at radius 3 is 2.00 bits per heavy atom. The zero-order chi connectivity index (χ0) is 13.7. The number of amides is 1. The van der Waals surface area contributed by atoms with Crippen molar-refractivity contribution in [3.8, 4) is 11.1 Å². The fourth-order valence-corrected chi connectivity index (χ4v) is 1.81. The molecule has 0 aliphatic heterocycles. The predicted molar refractivity (Wildman–Crippen MR) is 76.8 cm³/mol. The van der Waals surface area contributed by atoms with E-state index in [9.17, 15) is 4.79 Å². The number of aromatic amines is 1. The van der Waals surface area contributed by atoms with Crippen LogP contribution in [0.2, 0.25) is 0 Å². The van der Waals surface area contributed by atoms with E-state index in [1.54, 1.807) is 6.20 Å². The number of aromatic nitrogens is 1. The fraction of sp³-hybridized carbons (Fsp3) is 0. The maximum Gasteiger partial charge on any atom is 0.253 e. The summed E-state index contributed by atoms with van der Waals surface area (Å²) < 4.78 is 0. The highest BCUT2D eigenvalue weighted by molar-refractivity contribution is 6.04. The second-order valence-electron chi connectivity index (χ2n) is 3.99. The lowest BCUT2D eigenvalue weighted by atomic mass is 10.1. The molecule has 0 bridgehead atoms. The molecule has 0 radical (unpaired) electrons. The first-order chi connectivity index (χ1) is 9.20. The van der Waals surface area contributed by atoms with Crippen LogP contribution in [0.15, 0.2) is 60.8 Å². The Labute approximate surface area is 111 Å². The van der Waals surface area contributed by atoms with Gasteiger partial charge in [-0.25, -0.2) is 0 Å². The Morgan fingerprint density at radius 1 is 0.947 bits per heavy atom. The monoisotopic (exact) mass is 253 g/mol. The summed E-state index contributed by atoms with van der Waals surface area (Å²) in [4.78, 5) is 14.3. The highest BCUT2D eigenvalue weighted by atomic mass is 16.1. The van der Waals surface area contributed by atoms with Gasteiger partial charge in [0.2, 0.25) is 0 Å². The number of carbonyl (C=O) groups is 1. The van der Waals surface area contributed by atoms with E-state index >= 15 is 0 Å². The van der Waals surface area contributed by atoms with Gasteiger partial charge in [0, 0.05) is 11.8 Å². The molecule has 4 heteroatoms. The number of nitrogens with one attached hydrogen (secondary N) is 1. The topological polar surface area (TPSA) is 84.9 Å². The molecule has 1 heterocycles. The van der Waals surface area contributed by atoms with Gasteiger partial charge < -0.3 is 16.5 Å². The summed E-state index contributed by atoms with van der Waals surface area (Å²) >= 11 is 0. The van der Waals surface area contributed by atoms with Crippen molar-refractivity contribution in [2.75, 3.05) is 5.73 Å². The molecular weight excluding hydrogens is 238 g/mol. The van der Waals surface area contributed by atoms with Gasteiger partial charge in [0.25, 0.3) is 5.91 Å². The zero-order valence-corrected chi connectivity index (χ0v) is 10.3. The van der Waals surface area contributed by atoms with Crippen molar-refractivity contribution >= 4 is 11.7 Å². The largest absolute Gasteiger partial charge is 0.385 e. The van der Waals surface area contributed by atoms with Crippen LogP contribution in [-0.2, 0) is 0 Å². The molecule has 4 nitrogen and oxygen atoms in total. The van der Waals surface area contributed by atoms with Gasteiger partial charge in [0.05, 0.1) is 5.56 Å². The Hall–Kier alpha value is -2.75. The van der Waals surface area contributed by atoms with Crippen molar-refractivity contribution < 1.29 is 4.79 Å². The average molecular weight is 253 g/mol. The van der Waals surface area contributed by atoms with E-state index < -0.39 is 5.91 Å². The van der Waals surface area contributed by atoms with E-state index in [-0.39, 0.29) is 5.82 Å². The van der Waals surface area contributed by atoms with Crippen LogP contribution >= 0.6 is 0 Å². The molecule has 96 valence electrons. The molecule has 0 aliphatic carbocycles. The van der Waals surface area contributed by atoms with Crippen LogP contribution < -0.4 is 11.5 Å². The van der Waals surface area contributed by atoms with Crippen LogP contribution in [-0.4, -0.2) is 10.9 Å². The third kappa shape index (κ3) is 2.93. The van der Waals surface area contributed by atoms with Gasteiger partial charge >= 0.3 is 0 Å². The van der Waals surface area contributed by atoms with Crippen LogP contribution in [0.4, 0.5) is 5.82 Å². The summed E-state index contributed by atoms with van der Waals surface area (Å²) in [6.07, 6.45) is 1.69. The lowest BCUT2D eigenvalue weighted by molar-refractivity contribution is 0.100. The van der Waals surface area contributed by atoms with Crippen molar-refractivity contribution in [3.63, 3.8) is 0 Å². The third-order valence-electron chi connectivity index (χ3n) is 2.69. The number of nitrogen functional groups attached to an aromatic ring is 1. The van der Waals surface area contributed by atoms with Crippen molar-refractivity contribution in [2.45, 2.75) is 0 Å². The second-order valence-corrected chi connectivity index (χ2v) is 3.99. The molecule has 0 spiro atoms. The van der Waals surface area contributed by atoms with Crippen molar-refractivity contribution in [1.29, 1.82) is 0 Å². The minimum atomic E-state index is -0.542. The minimum absolute atomic E-state index is 0.285. The molecule has 2 rings (SSSR count). The minimum Gasteiger partial charge on any atom is -0.385 e. The Kier molecular flexibility index (Phi) is 3.83. The van der Waals surface area contributed by atoms with Crippen molar-refractivity contribution in [3.05, 3.63) is 66.4 Å². The molecule has 0 unspecified atom stereocenters. The number of H-pyrrole nitrogens is 1. The van der Waals surface area contributed by atoms with Gasteiger partial charge in [-0.3, -0.25) is 4.79 Å². The maximum atomic E-state index is 11.5. The molecule has 0 fully saturated rings. The Balaban J connectivity index is 2.62. The number of hydrogen-bond acceptors (Lipinski definition) is 2. The maximum absolute atomic E-state index is 11.5. The number of rotatable bonds is 2. The highest BCUT2D eigenvalue weighted by Gasteiger charge is 2.14. The molecule has 1 aromatic heterocycles. The first kappa shape index (κ1) is 12.7. The Bertz CT molecular complexity index is 620. The molecule has 5 N–H and O–H groups in total. The standard InChI is InChI=1S/C15H15N3O/c16-14-13(15(17)19)12(10-18-14)11-8-6-4-2-1-3-5-7-9-11/h1-10,18H,16H2,(H2,17,19). The van der Waals surface area contributed by atoms with Gasteiger partial charge in [0.15, 0.2) is 0 Å². The normalized spacial score (nSPS) is 9.68. The summed E-state index contributed by atoms with van der Waals surface area (Å²) in [5.74, 6) is -0.257. The summed E-state index contributed by atoms with van der Waals surface area (Å²) in [5, 5.41) is 0. The summed E-state index contributed by atoms with van der Waals surface area (Å²) in [5.41, 5.74) is 13.0. The van der Waals surface area contributed by atoms with Gasteiger partial charge in [-0.05, 0) is 5.56 Å². The number of anilines is 1. The van der Waals surface area contributed by atoms with Gasteiger partial charge in [-0.2, -0.15) is 0 Å². The van der Waals surface area contributed by atoms with E-state index in [1.807, 2.05) is 54.6 Å². The molecule has 0 atom stereocenters. The second kappa shape index (κ2) is 5.73. The third-order valence-corrected chi connectivity index (χ3v) is 2.69. The lowest BCUT2D eigenvalue weighted by Crippen LogP contribution is -2.13. The Morgan fingerprint density at radius 2 is 1.47 bits per heavy atom. The molecule has 0 saturated carbocycles. The molecule has 1 amide bonds. The quantitative estimate of drug-likeness (QED) is 0.768. The van der Waals surface area contributed by atoms with Crippen molar-refractivity contribution in [1.82, 2.24) is 4.98 Å². The lowest BCUT2D eigenvalue weighted by Gasteiger charge is -1.99. The summed E-state index contributed by atoms with van der Waals surface area (Å²) in [7, 11) is 0. The van der Waals surface area contributed by atoms with Crippen molar-refractivity contribution in [2.24, 2.45) is 5.73 Å². The number of carbonyl (C=O) groups excluding carboxylic acids is 1. The van der Waals surface area contributed by atoms with E-state index in [0.717, 1.165) is 5.56 Å². The van der Waals surface area contributed by atoms with E-state index in [2.05, 4.69) is 4.98 Å². The molecule has 0 saturated heterocycles. The predicted octanol–water partition coefficient (Wildman–Crippen LogP) is 2.49. The van der Waals surface area contributed by atoms with Crippen LogP contribution in [0.1, 0.15) is 10.4 Å². The summed E-state index contributed by atoms with van der Waals surface area (Å²) in [6.45, 7) is 0. The highest BCUT2D eigenvalue weighted by Crippen LogP contribution is 2.26. The molecule has 0 aliphatic rings. The molecule has 1 aromatic carbocycles. The fourth-order valence-electron chi connectivity index (χ4n) is 1.81. The molecule has 2 aromatic rings. The first-order valence-corrected chi connectivity index (χ1v) is 5.85. The van der Waals surface area contributed by atoms with Crippen LogP contribution in [0.3, 0.4) is 0 Å². The number of primary amides is 1. The molecular formula is C15H15N3O.